The molecule has 7 heteroatoms. The van der Waals surface area contributed by atoms with Crippen LogP contribution in [0.2, 0.25) is 0 Å². The molecule has 2 aromatic heterocycles. The molecule has 1 fully saturated rings. The largest absolute Gasteiger partial charge is 0.461 e. The van der Waals surface area contributed by atoms with Crippen molar-refractivity contribution in [1.29, 1.82) is 0 Å². The predicted octanol–water partition coefficient (Wildman–Crippen LogP) is 4.08. The van der Waals surface area contributed by atoms with Crippen molar-refractivity contribution in [2.45, 2.75) is 30.6 Å². The Hall–Kier alpha value is -2.80. The highest BCUT2D eigenvalue weighted by molar-refractivity contribution is 7.99. The van der Waals surface area contributed by atoms with Crippen LogP contribution in [-0.4, -0.2) is 26.4 Å². The summed E-state index contributed by atoms with van der Waals surface area (Å²) in [7, 11) is 0. The SMILES string of the molecule is C=CCn1c(SCC(=O)NC(c2ccccc2)C2CC2)nnc1-c1ccco1. The predicted molar refractivity (Wildman–Crippen MR) is 109 cm³/mol. The van der Waals surface area contributed by atoms with Gasteiger partial charge in [0.25, 0.3) is 0 Å². The Morgan fingerprint density at radius 1 is 1.29 bits per heavy atom. The maximum absolute atomic E-state index is 12.6. The van der Waals surface area contributed by atoms with Gasteiger partial charge >= 0.3 is 0 Å². The molecule has 1 aromatic carbocycles. The standard InChI is InChI=1S/C21H22N4O2S/c1-2-12-25-20(17-9-6-13-27-17)23-24-21(25)28-14-18(26)22-19(16-10-11-16)15-7-4-3-5-8-15/h2-9,13,16,19H,1,10-12,14H2,(H,22,26). The Kier molecular flexibility index (Phi) is 5.62. The lowest BCUT2D eigenvalue weighted by molar-refractivity contribution is -0.119. The number of thioether (sulfide) groups is 1. The highest BCUT2D eigenvalue weighted by Crippen LogP contribution is 2.41. The van der Waals surface area contributed by atoms with Crippen molar-refractivity contribution in [2.24, 2.45) is 5.92 Å². The Morgan fingerprint density at radius 3 is 2.79 bits per heavy atom. The second kappa shape index (κ2) is 8.48. The van der Waals surface area contributed by atoms with Crippen LogP contribution in [0, 0.1) is 5.92 Å². The molecular weight excluding hydrogens is 372 g/mol. The molecule has 28 heavy (non-hydrogen) atoms. The molecule has 1 amide bonds. The molecule has 3 aromatic rings. The van der Waals surface area contributed by atoms with Crippen molar-refractivity contribution in [3.8, 4) is 11.6 Å². The number of carbonyl (C=O) groups excluding carboxylic acids is 1. The molecule has 0 aliphatic heterocycles. The minimum atomic E-state index is -0.00143. The van der Waals surface area contributed by atoms with Crippen LogP contribution in [0.5, 0.6) is 0 Å². The van der Waals surface area contributed by atoms with Crippen molar-refractivity contribution in [1.82, 2.24) is 20.1 Å². The minimum Gasteiger partial charge on any atom is -0.461 e. The summed E-state index contributed by atoms with van der Waals surface area (Å²) in [6, 6.07) is 13.9. The van der Waals surface area contributed by atoms with E-state index in [9.17, 15) is 4.79 Å². The van der Waals surface area contributed by atoms with E-state index in [-0.39, 0.29) is 17.7 Å². The first-order chi connectivity index (χ1) is 13.8. The molecule has 1 saturated carbocycles. The van der Waals surface area contributed by atoms with Crippen LogP contribution >= 0.6 is 11.8 Å². The van der Waals surface area contributed by atoms with E-state index in [4.69, 9.17) is 4.42 Å². The molecule has 1 aliphatic carbocycles. The summed E-state index contributed by atoms with van der Waals surface area (Å²) in [4.78, 5) is 12.6. The first kappa shape index (κ1) is 18.6. The van der Waals surface area contributed by atoms with Crippen LogP contribution < -0.4 is 5.32 Å². The third kappa shape index (κ3) is 4.20. The maximum Gasteiger partial charge on any atom is 0.230 e. The Balaban J connectivity index is 1.42. The minimum absolute atomic E-state index is 0.00143. The van der Waals surface area contributed by atoms with Crippen LogP contribution in [-0.2, 0) is 11.3 Å². The Morgan fingerprint density at radius 2 is 2.11 bits per heavy atom. The van der Waals surface area contributed by atoms with Gasteiger partial charge in [0.05, 0.1) is 18.1 Å². The Labute approximate surface area is 168 Å². The molecule has 0 bridgehead atoms. The van der Waals surface area contributed by atoms with Gasteiger partial charge in [-0.05, 0) is 36.5 Å². The number of carbonyl (C=O) groups is 1. The molecule has 0 saturated heterocycles. The number of nitrogens with one attached hydrogen (secondary N) is 1. The summed E-state index contributed by atoms with van der Waals surface area (Å²) in [6.45, 7) is 4.34. The van der Waals surface area contributed by atoms with Gasteiger partial charge in [-0.1, -0.05) is 48.2 Å². The number of rotatable bonds is 9. The summed E-state index contributed by atoms with van der Waals surface area (Å²) >= 11 is 1.37. The first-order valence-corrected chi connectivity index (χ1v) is 10.3. The van der Waals surface area contributed by atoms with E-state index in [1.165, 1.54) is 17.3 Å². The third-order valence-electron chi connectivity index (χ3n) is 4.67. The Bertz CT molecular complexity index is 933. The van der Waals surface area contributed by atoms with E-state index in [0.29, 0.717) is 29.2 Å². The quantitative estimate of drug-likeness (QED) is 0.437. The summed E-state index contributed by atoms with van der Waals surface area (Å²) in [5, 5.41) is 12.3. The molecule has 0 radical (unpaired) electrons. The lowest BCUT2D eigenvalue weighted by Crippen LogP contribution is -2.31. The number of hydrogen-bond acceptors (Lipinski definition) is 5. The second-order valence-corrected chi connectivity index (χ2v) is 7.71. The second-order valence-electron chi connectivity index (χ2n) is 6.76. The fourth-order valence-corrected chi connectivity index (χ4v) is 3.94. The lowest BCUT2D eigenvalue weighted by Gasteiger charge is -2.18. The summed E-state index contributed by atoms with van der Waals surface area (Å²) in [6.07, 6.45) is 5.70. The molecular formula is C21H22N4O2S. The highest BCUT2D eigenvalue weighted by atomic mass is 32.2. The molecule has 1 aliphatic rings. The van der Waals surface area contributed by atoms with Gasteiger partial charge < -0.3 is 9.73 Å². The van der Waals surface area contributed by atoms with Gasteiger partial charge in [0.1, 0.15) is 0 Å². The van der Waals surface area contributed by atoms with E-state index < -0.39 is 0 Å². The summed E-state index contributed by atoms with van der Waals surface area (Å²) in [5.41, 5.74) is 1.17. The van der Waals surface area contributed by atoms with E-state index in [1.807, 2.05) is 34.9 Å². The fourth-order valence-electron chi connectivity index (χ4n) is 3.19. The maximum atomic E-state index is 12.6. The van der Waals surface area contributed by atoms with Gasteiger partial charge in [0.15, 0.2) is 10.9 Å². The van der Waals surface area contributed by atoms with Gasteiger partial charge in [-0.3, -0.25) is 9.36 Å². The molecule has 144 valence electrons. The van der Waals surface area contributed by atoms with Crippen LogP contribution in [0.25, 0.3) is 11.6 Å². The van der Waals surface area contributed by atoms with Gasteiger partial charge in [-0.15, -0.1) is 16.8 Å². The normalized spacial score (nSPS) is 14.6. The number of hydrogen-bond donors (Lipinski definition) is 1. The van der Waals surface area contributed by atoms with Crippen LogP contribution in [0.15, 0.2) is 71.0 Å². The molecule has 0 spiro atoms. The summed E-state index contributed by atoms with van der Waals surface area (Å²) < 4.78 is 7.34. The first-order valence-electron chi connectivity index (χ1n) is 9.31. The van der Waals surface area contributed by atoms with Crippen LogP contribution in [0.4, 0.5) is 0 Å². The monoisotopic (exact) mass is 394 g/mol. The number of aromatic nitrogens is 3. The molecule has 1 N–H and O–H groups in total. The average molecular weight is 395 g/mol. The highest BCUT2D eigenvalue weighted by Gasteiger charge is 2.33. The average Bonchev–Trinajstić information content (AvgIpc) is 3.26. The van der Waals surface area contributed by atoms with Crippen molar-refractivity contribution in [3.63, 3.8) is 0 Å². The van der Waals surface area contributed by atoms with Crippen LogP contribution in [0.3, 0.4) is 0 Å². The van der Waals surface area contributed by atoms with Gasteiger partial charge in [-0.2, -0.15) is 0 Å². The molecule has 6 nitrogen and oxygen atoms in total. The molecule has 1 atom stereocenters. The number of allylic oxidation sites excluding steroid dienone is 1. The topological polar surface area (TPSA) is 73.0 Å². The lowest BCUT2D eigenvalue weighted by atomic mass is 10.0. The van der Waals surface area contributed by atoms with Crippen molar-refractivity contribution in [3.05, 3.63) is 66.9 Å². The van der Waals surface area contributed by atoms with E-state index in [2.05, 4.69) is 34.2 Å². The van der Waals surface area contributed by atoms with Gasteiger partial charge in [0, 0.05) is 6.54 Å². The third-order valence-corrected chi connectivity index (χ3v) is 5.64. The van der Waals surface area contributed by atoms with Gasteiger partial charge in [0.2, 0.25) is 11.7 Å². The molecule has 4 rings (SSSR count). The number of benzene rings is 1. The number of furan rings is 1. The van der Waals surface area contributed by atoms with Crippen molar-refractivity contribution in [2.75, 3.05) is 5.75 Å². The van der Waals surface area contributed by atoms with E-state index >= 15 is 0 Å². The fraction of sp³-hybridized carbons (Fsp3) is 0.286. The number of amides is 1. The van der Waals surface area contributed by atoms with E-state index in [1.54, 1.807) is 12.3 Å². The molecule has 1 unspecified atom stereocenters. The van der Waals surface area contributed by atoms with Crippen molar-refractivity contribution >= 4 is 17.7 Å². The van der Waals surface area contributed by atoms with Crippen molar-refractivity contribution < 1.29 is 9.21 Å². The zero-order valence-electron chi connectivity index (χ0n) is 15.5. The molecule has 2 heterocycles. The summed E-state index contributed by atoms with van der Waals surface area (Å²) in [5.74, 6) is 2.09. The zero-order valence-corrected chi connectivity index (χ0v) is 16.3. The smallest absolute Gasteiger partial charge is 0.230 e. The van der Waals surface area contributed by atoms with Gasteiger partial charge in [-0.25, -0.2) is 0 Å². The zero-order chi connectivity index (χ0) is 19.3. The van der Waals surface area contributed by atoms with E-state index in [0.717, 1.165) is 12.8 Å². The van der Waals surface area contributed by atoms with Crippen LogP contribution in [0.1, 0.15) is 24.4 Å². The number of nitrogens with zero attached hydrogens (tertiary/aromatic N) is 3.